The third-order valence-corrected chi connectivity index (χ3v) is 5.86. The van der Waals surface area contributed by atoms with Crippen LogP contribution < -0.4 is 16.4 Å². The number of ether oxygens (including phenoxy) is 1. The summed E-state index contributed by atoms with van der Waals surface area (Å²) in [5.41, 5.74) is 5.20. The Balaban J connectivity index is 1.78. The zero-order chi connectivity index (χ0) is 20.1. The van der Waals surface area contributed by atoms with Crippen molar-refractivity contribution in [3.05, 3.63) is 29.8 Å². The number of imide groups is 1. The molecule has 2 unspecified atom stereocenters. The molecular formula is C19H22N4O5. The first-order valence-electron chi connectivity index (χ1n) is 9.23. The summed E-state index contributed by atoms with van der Waals surface area (Å²) in [5.74, 6) is -3.51. The quantitative estimate of drug-likeness (QED) is 0.439. The molecule has 3 aliphatic rings. The van der Waals surface area contributed by atoms with Crippen molar-refractivity contribution in [1.82, 2.24) is 10.2 Å². The Morgan fingerprint density at radius 1 is 1.25 bits per heavy atom. The van der Waals surface area contributed by atoms with E-state index >= 15 is 0 Å². The average molecular weight is 386 g/mol. The highest BCUT2D eigenvalue weighted by atomic mass is 16.5. The molecule has 3 aliphatic heterocycles. The molecule has 0 aliphatic carbocycles. The van der Waals surface area contributed by atoms with Crippen LogP contribution in [-0.4, -0.2) is 54.8 Å². The van der Waals surface area contributed by atoms with Crippen molar-refractivity contribution < 1.29 is 23.9 Å². The lowest BCUT2D eigenvalue weighted by Gasteiger charge is -2.29. The van der Waals surface area contributed by atoms with Crippen LogP contribution in [0.2, 0.25) is 0 Å². The van der Waals surface area contributed by atoms with Crippen LogP contribution in [0.5, 0.6) is 0 Å². The molecule has 1 spiro atoms. The van der Waals surface area contributed by atoms with E-state index in [2.05, 4.69) is 10.6 Å². The lowest BCUT2D eigenvalue weighted by molar-refractivity contribution is -0.143. The number of primary amides is 1. The van der Waals surface area contributed by atoms with Crippen molar-refractivity contribution in [2.45, 2.75) is 24.4 Å². The lowest BCUT2D eigenvalue weighted by Crippen LogP contribution is -2.53. The summed E-state index contributed by atoms with van der Waals surface area (Å²) in [5, 5.41) is 5.95. The van der Waals surface area contributed by atoms with Gasteiger partial charge in [-0.15, -0.1) is 0 Å². The molecule has 28 heavy (non-hydrogen) atoms. The van der Waals surface area contributed by atoms with Crippen molar-refractivity contribution in [1.29, 1.82) is 0 Å². The van der Waals surface area contributed by atoms with E-state index in [9.17, 15) is 19.2 Å². The largest absolute Gasteiger partial charge is 0.385 e. The predicted molar refractivity (Wildman–Crippen MR) is 97.7 cm³/mol. The number of hydrogen-bond acceptors (Lipinski definition) is 6. The monoisotopic (exact) mass is 386 g/mol. The molecule has 4 N–H and O–H groups in total. The van der Waals surface area contributed by atoms with Crippen LogP contribution in [0.4, 0.5) is 5.69 Å². The molecule has 3 heterocycles. The predicted octanol–water partition coefficient (Wildman–Crippen LogP) is -0.681. The maximum absolute atomic E-state index is 13.3. The van der Waals surface area contributed by atoms with E-state index in [0.29, 0.717) is 24.3 Å². The molecule has 9 heteroatoms. The molecule has 2 fully saturated rings. The zero-order valence-electron chi connectivity index (χ0n) is 15.4. The highest BCUT2D eigenvalue weighted by Crippen LogP contribution is 2.53. The Kier molecular flexibility index (Phi) is 4.43. The number of hydrogen-bond donors (Lipinski definition) is 3. The molecule has 0 bridgehead atoms. The first-order valence-corrected chi connectivity index (χ1v) is 9.23. The number of methoxy groups -OCH3 is 1. The van der Waals surface area contributed by atoms with Gasteiger partial charge in [0.1, 0.15) is 5.54 Å². The fourth-order valence-electron chi connectivity index (χ4n) is 4.80. The van der Waals surface area contributed by atoms with E-state index in [4.69, 9.17) is 10.5 Å². The zero-order valence-corrected chi connectivity index (χ0v) is 15.4. The number of fused-ring (bicyclic) bond motifs is 4. The summed E-state index contributed by atoms with van der Waals surface area (Å²) in [6.07, 6.45) is 0.362. The standard InChI is InChI=1S/C19H22N4O5/c1-28-8-4-7-23-16(25)14-12(9-13(20)24)22-19(15(14)17(23)26)10-5-2-3-6-11(10)21-18(19)27/h2-3,5-6,12,14-15,22H,4,7-9H2,1H3,(H2,20,24)(H,21,27)/t12?,14-,15+,19?/m1/s1. The van der Waals surface area contributed by atoms with Crippen LogP contribution >= 0.6 is 0 Å². The number of anilines is 1. The molecule has 148 valence electrons. The van der Waals surface area contributed by atoms with Crippen molar-refractivity contribution in [2.24, 2.45) is 17.6 Å². The Hall–Kier alpha value is -2.78. The normalized spacial score (nSPS) is 30.7. The van der Waals surface area contributed by atoms with Gasteiger partial charge in [-0.3, -0.25) is 29.4 Å². The van der Waals surface area contributed by atoms with Gasteiger partial charge in [0.25, 0.3) is 0 Å². The van der Waals surface area contributed by atoms with E-state index in [0.717, 1.165) is 0 Å². The number of nitrogens with zero attached hydrogens (tertiary/aromatic N) is 1. The number of rotatable bonds is 6. The fraction of sp³-hybridized carbons (Fsp3) is 0.474. The highest BCUT2D eigenvalue weighted by Gasteiger charge is 2.70. The number of nitrogens with two attached hydrogens (primary N) is 1. The van der Waals surface area contributed by atoms with Crippen LogP contribution in [0.25, 0.3) is 0 Å². The molecule has 2 saturated heterocycles. The number of carbonyl (C=O) groups excluding carboxylic acids is 4. The number of nitrogens with one attached hydrogen (secondary N) is 2. The second-order valence-corrected chi connectivity index (χ2v) is 7.41. The Morgan fingerprint density at radius 2 is 2.00 bits per heavy atom. The Morgan fingerprint density at radius 3 is 2.71 bits per heavy atom. The number of amides is 4. The van der Waals surface area contributed by atoms with Gasteiger partial charge >= 0.3 is 0 Å². The van der Waals surface area contributed by atoms with Gasteiger partial charge in [-0.1, -0.05) is 18.2 Å². The maximum Gasteiger partial charge on any atom is 0.250 e. The molecule has 1 aromatic rings. The van der Waals surface area contributed by atoms with Gasteiger partial charge in [0.2, 0.25) is 23.6 Å². The molecular weight excluding hydrogens is 364 g/mol. The average Bonchev–Trinajstić information content (AvgIpc) is 3.22. The summed E-state index contributed by atoms with van der Waals surface area (Å²) < 4.78 is 5.01. The van der Waals surface area contributed by atoms with Gasteiger partial charge in [-0.05, 0) is 12.5 Å². The van der Waals surface area contributed by atoms with E-state index in [1.165, 1.54) is 4.90 Å². The third kappa shape index (κ3) is 2.46. The molecule has 4 atom stereocenters. The number of likely N-dealkylation sites (tertiary alicyclic amines) is 1. The lowest BCUT2D eigenvalue weighted by atomic mass is 9.76. The molecule has 4 amide bonds. The summed E-state index contributed by atoms with van der Waals surface area (Å²) >= 11 is 0. The maximum atomic E-state index is 13.3. The molecule has 0 saturated carbocycles. The molecule has 4 rings (SSSR count). The van der Waals surface area contributed by atoms with E-state index in [1.807, 2.05) is 0 Å². The number of carbonyl (C=O) groups is 4. The van der Waals surface area contributed by atoms with Crippen LogP contribution in [0.15, 0.2) is 24.3 Å². The van der Waals surface area contributed by atoms with Crippen molar-refractivity contribution >= 4 is 29.3 Å². The minimum absolute atomic E-state index is 0.136. The van der Waals surface area contributed by atoms with Crippen molar-refractivity contribution in [3.8, 4) is 0 Å². The van der Waals surface area contributed by atoms with Crippen LogP contribution in [0.3, 0.4) is 0 Å². The van der Waals surface area contributed by atoms with Crippen LogP contribution in [0.1, 0.15) is 18.4 Å². The molecule has 0 aromatic heterocycles. The first kappa shape index (κ1) is 18.6. The second kappa shape index (κ2) is 6.68. The summed E-state index contributed by atoms with van der Waals surface area (Å²) in [7, 11) is 1.55. The SMILES string of the molecule is COCCCN1C(=O)[C@@H]2C(CC(N)=O)NC3(C(=O)Nc4ccccc43)[C@@H]2C1=O. The topological polar surface area (TPSA) is 131 Å². The third-order valence-electron chi connectivity index (χ3n) is 5.86. The van der Waals surface area contributed by atoms with E-state index in [-0.39, 0.29) is 18.9 Å². The second-order valence-electron chi connectivity index (χ2n) is 7.41. The van der Waals surface area contributed by atoms with Gasteiger partial charge in [-0.2, -0.15) is 0 Å². The smallest absolute Gasteiger partial charge is 0.250 e. The van der Waals surface area contributed by atoms with Crippen molar-refractivity contribution in [2.75, 3.05) is 25.6 Å². The fourth-order valence-corrected chi connectivity index (χ4v) is 4.80. The summed E-state index contributed by atoms with van der Waals surface area (Å²) in [6.45, 7) is 0.616. The van der Waals surface area contributed by atoms with Gasteiger partial charge < -0.3 is 15.8 Å². The highest BCUT2D eigenvalue weighted by molar-refractivity contribution is 6.15. The minimum Gasteiger partial charge on any atom is -0.385 e. The number of para-hydroxylation sites is 1. The summed E-state index contributed by atoms with van der Waals surface area (Å²) in [6, 6.07) is 6.37. The van der Waals surface area contributed by atoms with Gasteiger partial charge in [0, 0.05) is 44.0 Å². The van der Waals surface area contributed by atoms with E-state index < -0.39 is 41.1 Å². The van der Waals surface area contributed by atoms with Crippen molar-refractivity contribution in [3.63, 3.8) is 0 Å². The van der Waals surface area contributed by atoms with Crippen LogP contribution in [0, 0.1) is 11.8 Å². The van der Waals surface area contributed by atoms with E-state index in [1.54, 1.807) is 31.4 Å². The van der Waals surface area contributed by atoms with Crippen LogP contribution in [-0.2, 0) is 29.5 Å². The molecule has 9 nitrogen and oxygen atoms in total. The molecule has 1 aromatic carbocycles. The van der Waals surface area contributed by atoms with Gasteiger partial charge in [0.15, 0.2) is 0 Å². The summed E-state index contributed by atoms with van der Waals surface area (Å²) in [4.78, 5) is 52.2. The Bertz CT molecular complexity index is 872. The van der Waals surface area contributed by atoms with Gasteiger partial charge in [-0.25, -0.2) is 0 Å². The molecule has 0 radical (unpaired) electrons. The number of benzene rings is 1. The minimum atomic E-state index is -1.38. The Labute approximate surface area is 161 Å². The van der Waals surface area contributed by atoms with Gasteiger partial charge in [0.05, 0.1) is 11.8 Å². The first-order chi connectivity index (χ1) is 13.4.